The Morgan fingerprint density at radius 2 is 2.43 bits per heavy atom. The molecule has 2 rings (SSSR count). The second-order valence-corrected chi connectivity index (χ2v) is 3.48. The van der Waals surface area contributed by atoms with Gasteiger partial charge in [0.1, 0.15) is 5.82 Å². The van der Waals surface area contributed by atoms with Crippen molar-refractivity contribution in [2.45, 2.75) is 19.4 Å². The fraction of sp³-hybridized carbons (Fsp3) is 0.300. The van der Waals surface area contributed by atoms with Crippen LogP contribution in [0, 0.1) is 0 Å². The number of hydrogen-bond donors (Lipinski definition) is 2. The molecule has 74 valence electrons. The Morgan fingerprint density at radius 1 is 1.64 bits per heavy atom. The van der Waals surface area contributed by atoms with E-state index in [1.54, 1.807) is 13.1 Å². The lowest BCUT2D eigenvalue weighted by Crippen LogP contribution is -2.07. The molecule has 4 nitrogen and oxygen atoms in total. The topological polar surface area (TPSA) is 63.5 Å². The average Bonchev–Trinajstić information content (AvgIpc) is 2.47. The molecule has 0 spiro atoms. The van der Waals surface area contributed by atoms with E-state index in [4.69, 9.17) is 5.73 Å². The SMILES string of the molecule is CC(O)Cc1ncc2cc(N)ccn12. The normalized spacial score (nSPS) is 13.3. The first-order valence-electron chi connectivity index (χ1n) is 4.56. The lowest BCUT2D eigenvalue weighted by atomic mass is 10.3. The number of hydrogen-bond acceptors (Lipinski definition) is 3. The van der Waals surface area contributed by atoms with Gasteiger partial charge in [0.25, 0.3) is 0 Å². The molecule has 14 heavy (non-hydrogen) atoms. The van der Waals surface area contributed by atoms with Crippen molar-refractivity contribution < 1.29 is 5.11 Å². The summed E-state index contributed by atoms with van der Waals surface area (Å²) < 4.78 is 1.93. The number of pyridine rings is 1. The summed E-state index contributed by atoms with van der Waals surface area (Å²) in [5, 5.41) is 9.26. The molecule has 0 aliphatic heterocycles. The number of nitrogens with two attached hydrogens (primary N) is 1. The van der Waals surface area contributed by atoms with Crippen LogP contribution in [0.15, 0.2) is 24.5 Å². The predicted molar refractivity (Wildman–Crippen MR) is 55.0 cm³/mol. The molecule has 0 aromatic carbocycles. The minimum Gasteiger partial charge on any atom is -0.399 e. The smallest absolute Gasteiger partial charge is 0.115 e. The van der Waals surface area contributed by atoms with Gasteiger partial charge in [-0.1, -0.05) is 0 Å². The monoisotopic (exact) mass is 191 g/mol. The highest BCUT2D eigenvalue weighted by atomic mass is 16.3. The maximum atomic E-state index is 9.26. The van der Waals surface area contributed by atoms with Gasteiger partial charge in [0.05, 0.1) is 17.8 Å². The Balaban J connectivity index is 2.47. The molecular weight excluding hydrogens is 178 g/mol. The lowest BCUT2D eigenvalue weighted by molar-refractivity contribution is 0.192. The minimum atomic E-state index is -0.377. The molecule has 0 saturated heterocycles. The third-order valence-corrected chi connectivity index (χ3v) is 2.11. The van der Waals surface area contributed by atoms with Crippen LogP contribution >= 0.6 is 0 Å². The van der Waals surface area contributed by atoms with E-state index in [-0.39, 0.29) is 6.10 Å². The van der Waals surface area contributed by atoms with Crippen molar-refractivity contribution in [3.63, 3.8) is 0 Å². The van der Waals surface area contributed by atoms with E-state index in [9.17, 15) is 5.11 Å². The summed E-state index contributed by atoms with van der Waals surface area (Å²) in [5.41, 5.74) is 7.33. The van der Waals surface area contributed by atoms with Gasteiger partial charge in [-0.2, -0.15) is 0 Å². The van der Waals surface area contributed by atoms with Crippen molar-refractivity contribution in [1.82, 2.24) is 9.38 Å². The molecule has 2 aromatic rings. The Hall–Kier alpha value is -1.55. The van der Waals surface area contributed by atoms with Crippen LogP contribution in [0.2, 0.25) is 0 Å². The first-order chi connectivity index (χ1) is 6.66. The molecule has 0 radical (unpaired) electrons. The van der Waals surface area contributed by atoms with Crippen molar-refractivity contribution in [2.75, 3.05) is 5.73 Å². The first-order valence-corrected chi connectivity index (χ1v) is 4.56. The Morgan fingerprint density at radius 3 is 3.14 bits per heavy atom. The highest BCUT2D eigenvalue weighted by Gasteiger charge is 2.06. The number of aliphatic hydroxyl groups is 1. The van der Waals surface area contributed by atoms with Crippen LogP contribution in [0.5, 0.6) is 0 Å². The molecule has 4 heteroatoms. The van der Waals surface area contributed by atoms with Gasteiger partial charge in [0.15, 0.2) is 0 Å². The minimum absolute atomic E-state index is 0.377. The highest BCUT2D eigenvalue weighted by Crippen LogP contribution is 2.12. The van der Waals surface area contributed by atoms with E-state index in [0.29, 0.717) is 6.42 Å². The third-order valence-electron chi connectivity index (χ3n) is 2.11. The summed E-state index contributed by atoms with van der Waals surface area (Å²) in [5.74, 6) is 0.856. The number of nitrogens with zero attached hydrogens (tertiary/aromatic N) is 2. The van der Waals surface area contributed by atoms with Crippen molar-refractivity contribution in [2.24, 2.45) is 0 Å². The summed E-state index contributed by atoms with van der Waals surface area (Å²) in [6.45, 7) is 1.75. The number of nitrogen functional groups attached to an aromatic ring is 1. The maximum Gasteiger partial charge on any atom is 0.115 e. The van der Waals surface area contributed by atoms with Crippen molar-refractivity contribution >= 4 is 11.2 Å². The summed E-state index contributed by atoms with van der Waals surface area (Å²) in [6, 6.07) is 3.68. The molecule has 2 heterocycles. The van der Waals surface area contributed by atoms with E-state index in [1.807, 2.05) is 22.7 Å². The number of aromatic nitrogens is 2. The van der Waals surface area contributed by atoms with Crippen molar-refractivity contribution in [3.05, 3.63) is 30.4 Å². The van der Waals surface area contributed by atoms with Gasteiger partial charge in [-0.3, -0.25) is 0 Å². The summed E-state index contributed by atoms with van der Waals surface area (Å²) in [4.78, 5) is 4.22. The van der Waals surface area contributed by atoms with E-state index in [2.05, 4.69) is 4.98 Å². The number of anilines is 1. The van der Waals surface area contributed by atoms with Crippen LogP contribution in [-0.4, -0.2) is 20.6 Å². The third kappa shape index (κ3) is 1.56. The molecule has 0 bridgehead atoms. The number of imidazole rings is 1. The first kappa shape index (κ1) is 9.02. The summed E-state index contributed by atoms with van der Waals surface area (Å²) in [7, 11) is 0. The van der Waals surface area contributed by atoms with Gasteiger partial charge in [-0.15, -0.1) is 0 Å². The maximum absolute atomic E-state index is 9.26. The predicted octanol–water partition coefficient (Wildman–Crippen LogP) is 0.840. The van der Waals surface area contributed by atoms with E-state index < -0.39 is 0 Å². The van der Waals surface area contributed by atoms with Crippen LogP contribution in [0.25, 0.3) is 5.52 Å². The van der Waals surface area contributed by atoms with Crippen molar-refractivity contribution in [3.8, 4) is 0 Å². The number of fused-ring (bicyclic) bond motifs is 1. The van der Waals surface area contributed by atoms with Crippen LogP contribution in [0.3, 0.4) is 0 Å². The van der Waals surface area contributed by atoms with Crippen LogP contribution in [0.1, 0.15) is 12.7 Å². The molecule has 2 aromatic heterocycles. The average molecular weight is 191 g/mol. The van der Waals surface area contributed by atoms with E-state index in [0.717, 1.165) is 17.0 Å². The zero-order chi connectivity index (χ0) is 10.1. The lowest BCUT2D eigenvalue weighted by Gasteiger charge is -2.03. The van der Waals surface area contributed by atoms with E-state index in [1.165, 1.54) is 0 Å². The standard InChI is InChI=1S/C10H13N3O/c1-7(14)4-10-12-6-9-5-8(11)2-3-13(9)10/h2-3,5-7,14H,4,11H2,1H3. The van der Waals surface area contributed by atoms with Gasteiger partial charge in [-0.05, 0) is 19.1 Å². The van der Waals surface area contributed by atoms with Gasteiger partial charge < -0.3 is 15.2 Å². The van der Waals surface area contributed by atoms with Crippen LogP contribution < -0.4 is 5.73 Å². The van der Waals surface area contributed by atoms with Gasteiger partial charge in [0, 0.05) is 18.3 Å². The largest absolute Gasteiger partial charge is 0.399 e. The molecule has 0 fully saturated rings. The van der Waals surface area contributed by atoms with Crippen molar-refractivity contribution in [1.29, 1.82) is 0 Å². The van der Waals surface area contributed by atoms with E-state index >= 15 is 0 Å². The fourth-order valence-electron chi connectivity index (χ4n) is 1.49. The van der Waals surface area contributed by atoms with Gasteiger partial charge in [0.2, 0.25) is 0 Å². The second-order valence-electron chi connectivity index (χ2n) is 3.48. The molecule has 0 aliphatic carbocycles. The molecule has 1 unspecified atom stereocenters. The van der Waals surface area contributed by atoms with Crippen LogP contribution in [-0.2, 0) is 6.42 Å². The number of rotatable bonds is 2. The molecule has 1 atom stereocenters. The zero-order valence-corrected chi connectivity index (χ0v) is 8.01. The Bertz CT molecular complexity index is 448. The quantitative estimate of drug-likeness (QED) is 0.739. The Kier molecular flexibility index (Phi) is 2.13. The highest BCUT2D eigenvalue weighted by molar-refractivity contribution is 5.55. The molecule has 0 aliphatic rings. The summed E-state index contributed by atoms with van der Waals surface area (Å²) >= 11 is 0. The van der Waals surface area contributed by atoms with Gasteiger partial charge in [-0.25, -0.2) is 4.98 Å². The number of aliphatic hydroxyl groups excluding tert-OH is 1. The fourth-order valence-corrected chi connectivity index (χ4v) is 1.49. The summed E-state index contributed by atoms with van der Waals surface area (Å²) in [6.07, 6.45) is 3.81. The molecular formula is C10H13N3O. The molecule has 0 amide bonds. The molecule has 3 N–H and O–H groups in total. The molecule has 0 saturated carbocycles. The van der Waals surface area contributed by atoms with Gasteiger partial charge >= 0.3 is 0 Å². The Labute approximate surface area is 82.0 Å². The van der Waals surface area contributed by atoms with Crippen LogP contribution in [0.4, 0.5) is 5.69 Å². The second kappa shape index (κ2) is 3.31. The zero-order valence-electron chi connectivity index (χ0n) is 8.01.